The Morgan fingerprint density at radius 1 is 0.418 bits per heavy atom. The van der Waals surface area contributed by atoms with Crippen molar-refractivity contribution in [2.24, 2.45) is 0 Å². The van der Waals surface area contributed by atoms with Gasteiger partial charge in [-0.25, -0.2) is 0 Å². The molecule has 0 saturated heterocycles. The van der Waals surface area contributed by atoms with Gasteiger partial charge >= 0.3 is 0 Å². The van der Waals surface area contributed by atoms with Gasteiger partial charge in [-0.05, 0) is 99.0 Å². The van der Waals surface area contributed by atoms with Gasteiger partial charge in [-0.2, -0.15) is 0 Å². The molecule has 0 unspecified atom stereocenters. The van der Waals surface area contributed by atoms with Crippen molar-refractivity contribution >= 4 is 60.6 Å². The van der Waals surface area contributed by atoms with Crippen LogP contribution in [0, 0.1) is 13.8 Å². The Morgan fingerprint density at radius 3 is 1.51 bits per heavy atom. The van der Waals surface area contributed by atoms with E-state index in [0.717, 1.165) is 12.8 Å². The van der Waals surface area contributed by atoms with Crippen LogP contribution >= 0.6 is 0 Å². The van der Waals surface area contributed by atoms with Crippen LogP contribution in [0.15, 0.2) is 170 Å². The molecule has 11 rings (SSSR count). The summed E-state index contributed by atoms with van der Waals surface area (Å²) < 4.78 is 7.20. The Hall–Kier alpha value is -6.58. The van der Waals surface area contributed by atoms with Gasteiger partial charge in [0.15, 0.2) is 0 Å². The van der Waals surface area contributed by atoms with Crippen LogP contribution in [-0.4, -0.2) is 13.7 Å². The van der Waals surface area contributed by atoms with Gasteiger partial charge < -0.3 is 13.7 Å². The van der Waals surface area contributed by atoms with Crippen LogP contribution in [-0.2, 0) is 6.42 Å². The highest BCUT2D eigenvalue weighted by Gasteiger charge is 2.19. The molecule has 55 heavy (non-hydrogen) atoms. The molecule has 3 heteroatoms. The van der Waals surface area contributed by atoms with E-state index in [9.17, 15) is 0 Å². The first-order valence-electron chi connectivity index (χ1n) is 19.6. The van der Waals surface area contributed by atoms with E-state index in [4.69, 9.17) is 0 Å². The quantitative estimate of drug-likeness (QED) is 0.173. The maximum absolute atomic E-state index is 2.45. The van der Waals surface area contributed by atoms with E-state index >= 15 is 0 Å². The number of nitrogens with zero attached hydrogens (tertiary/aromatic N) is 3. The van der Waals surface area contributed by atoms with Crippen LogP contribution in [0.5, 0.6) is 0 Å². The largest absolute Gasteiger partial charge is 0.313 e. The number of hydrogen-bond donors (Lipinski definition) is 0. The number of aromatic nitrogens is 3. The van der Waals surface area contributed by atoms with Crippen LogP contribution < -0.4 is 0 Å². The van der Waals surface area contributed by atoms with Gasteiger partial charge in [-0.15, -0.1) is 0 Å². The molecule has 268 valence electrons. The molecule has 0 N–H and O–H groups in total. The van der Waals surface area contributed by atoms with Gasteiger partial charge in [0, 0.05) is 55.3 Å². The highest BCUT2D eigenvalue weighted by atomic mass is 15.0. The number of para-hydroxylation sites is 5. The first-order valence-corrected chi connectivity index (χ1v) is 19.6. The van der Waals surface area contributed by atoms with Crippen molar-refractivity contribution in [1.29, 1.82) is 0 Å². The predicted octanol–water partition coefficient (Wildman–Crippen LogP) is 14.1. The van der Waals surface area contributed by atoms with E-state index in [1.165, 1.54) is 94.0 Å². The summed E-state index contributed by atoms with van der Waals surface area (Å²) >= 11 is 0. The maximum atomic E-state index is 2.45. The van der Waals surface area contributed by atoms with Crippen LogP contribution in [0.2, 0.25) is 0 Å². The van der Waals surface area contributed by atoms with Crippen LogP contribution in [0.25, 0.3) is 77.7 Å². The summed E-state index contributed by atoms with van der Waals surface area (Å²) in [4.78, 5) is 0. The average molecular weight is 712 g/mol. The number of benzene rings is 7. The van der Waals surface area contributed by atoms with Crippen molar-refractivity contribution in [3.63, 3.8) is 0 Å². The topological polar surface area (TPSA) is 14.8 Å². The van der Waals surface area contributed by atoms with Gasteiger partial charge in [0.05, 0.1) is 27.6 Å². The molecule has 0 radical (unpaired) electrons. The second-order valence-corrected chi connectivity index (χ2v) is 14.2. The van der Waals surface area contributed by atoms with Gasteiger partial charge in [0.2, 0.25) is 0 Å². The SMILES string of the molecule is C1=Cc2c(n(-c3ccc(-n4c5ccccc5c5ccccc54)cc3)c3ccccc23)CC1.CC.Cc1ccc2c(c1)c1ccccc1n2-c1ccccc1C. The number of rotatable bonds is 3. The predicted molar refractivity (Wildman–Crippen MR) is 237 cm³/mol. The summed E-state index contributed by atoms with van der Waals surface area (Å²) in [6.07, 6.45) is 6.77. The minimum Gasteiger partial charge on any atom is -0.313 e. The Morgan fingerprint density at radius 2 is 0.891 bits per heavy atom. The first-order chi connectivity index (χ1) is 27.2. The molecular formula is C52H45N3. The molecule has 7 aromatic carbocycles. The fraction of sp³-hybridized carbons (Fsp3) is 0.115. The highest BCUT2D eigenvalue weighted by Crippen LogP contribution is 2.36. The molecule has 0 bridgehead atoms. The third-order valence-electron chi connectivity index (χ3n) is 11.0. The second kappa shape index (κ2) is 14.3. The molecule has 3 heterocycles. The lowest BCUT2D eigenvalue weighted by Gasteiger charge is -2.14. The lowest BCUT2D eigenvalue weighted by atomic mass is 10.0. The van der Waals surface area contributed by atoms with Crippen molar-refractivity contribution in [3.8, 4) is 17.1 Å². The molecule has 1 aliphatic carbocycles. The Labute approximate surface area is 323 Å². The summed E-state index contributed by atoms with van der Waals surface area (Å²) in [5, 5.41) is 6.58. The molecule has 0 saturated carbocycles. The average Bonchev–Trinajstić information content (AvgIpc) is 3.88. The van der Waals surface area contributed by atoms with Gasteiger partial charge in [-0.1, -0.05) is 129 Å². The molecule has 10 aromatic rings. The summed E-state index contributed by atoms with van der Waals surface area (Å²) in [6.45, 7) is 8.32. The summed E-state index contributed by atoms with van der Waals surface area (Å²) in [5.74, 6) is 0. The molecule has 3 nitrogen and oxygen atoms in total. The van der Waals surface area contributed by atoms with E-state index in [1.54, 1.807) is 0 Å². The summed E-state index contributed by atoms with van der Waals surface area (Å²) in [5.41, 5.74) is 15.4. The fourth-order valence-corrected chi connectivity index (χ4v) is 8.58. The van der Waals surface area contributed by atoms with Crippen molar-refractivity contribution in [3.05, 3.63) is 192 Å². The van der Waals surface area contributed by atoms with E-state index < -0.39 is 0 Å². The summed E-state index contributed by atoms with van der Waals surface area (Å²) in [7, 11) is 0. The zero-order valence-corrected chi connectivity index (χ0v) is 32.0. The Bertz CT molecular complexity index is 2970. The summed E-state index contributed by atoms with van der Waals surface area (Å²) in [6, 6.07) is 59.1. The van der Waals surface area contributed by atoms with E-state index in [0.29, 0.717) is 0 Å². The van der Waals surface area contributed by atoms with Crippen molar-refractivity contribution in [2.75, 3.05) is 0 Å². The van der Waals surface area contributed by atoms with Crippen molar-refractivity contribution in [2.45, 2.75) is 40.5 Å². The van der Waals surface area contributed by atoms with Gasteiger partial charge in [0.25, 0.3) is 0 Å². The lowest BCUT2D eigenvalue weighted by Crippen LogP contribution is -2.03. The number of hydrogen-bond acceptors (Lipinski definition) is 0. The van der Waals surface area contributed by atoms with Gasteiger partial charge in [-0.3, -0.25) is 0 Å². The standard InChI is InChI=1S/C30H22N2.C20H17N.C2H6/c1-5-13-27-23(9-1)24-10-2-6-14-28(24)31(27)21-17-19-22(20-18-21)32-29-15-7-3-11-25(29)26-12-4-8-16-30(26)32;1-14-11-12-20-17(13-14)16-8-4-6-10-19(16)21(20)18-9-5-3-7-15(18)2;1-2/h1-7,9-15,17-20H,8,16H2;3-13H,1-2H3;1-2H3. The number of aryl methyl sites for hydroxylation is 2. The maximum Gasteiger partial charge on any atom is 0.0541 e. The third-order valence-corrected chi connectivity index (χ3v) is 11.0. The smallest absolute Gasteiger partial charge is 0.0541 e. The van der Waals surface area contributed by atoms with Crippen LogP contribution in [0.1, 0.15) is 42.7 Å². The zero-order valence-electron chi connectivity index (χ0n) is 32.0. The first kappa shape index (κ1) is 34.2. The molecule has 0 atom stereocenters. The molecule has 0 aliphatic heterocycles. The monoisotopic (exact) mass is 711 g/mol. The fourth-order valence-electron chi connectivity index (χ4n) is 8.58. The molecule has 0 spiro atoms. The third kappa shape index (κ3) is 5.75. The molecule has 3 aromatic heterocycles. The van der Waals surface area contributed by atoms with E-state index in [2.05, 4.69) is 203 Å². The molecule has 0 fully saturated rings. The highest BCUT2D eigenvalue weighted by molar-refractivity contribution is 6.10. The van der Waals surface area contributed by atoms with E-state index in [1.807, 2.05) is 13.8 Å². The number of allylic oxidation sites excluding steroid dienone is 1. The van der Waals surface area contributed by atoms with E-state index in [-0.39, 0.29) is 0 Å². The van der Waals surface area contributed by atoms with Gasteiger partial charge in [0.1, 0.15) is 0 Å². The van der Waals surface area contributed by atoms with Crippen LogP contribution in [0.4, 0.5) is 0 Å². The minimum atomic E-state index is 1.08. The molecule has 1 aliphatic rings. The second-order valence-electron chi connectivity index (χ2n) is 14.2. The minimum absolute atomic E-state index is 1.08. The zero-order chi connectivity index (χ0) is 37.5. The van der Waals surface area contributed by atoms with Crippen molar-refractivity contribution < 1.29 is 0 Å². The number of fused-ring (bicyclic) bond motifs is 9. The van der Waals surface area contributed by atoms with Crippen molar-refractivity contribution in [1.82, 2.24) is 13.7 Å². The van der Waals surface area contributed by atoms with Crippen LogP contribution in [0.3, 0.4) is 0 Å². The lowest BCUT2D eigenvalue weighted by molar-refractivity contribution is 0.888. The Kier molecular flexibility index (Phi) is 8.92. The molecular weight excluding hydrogens is 667 g/mol. The Balaban J connectivity index is 0.000000150. The normalized spacial score (nSPS) is 12.1. The molecule has 0 amide bonds.